The fraction of sp³-hybridized carbons (Fsp3) is 0.233. The molecule has 0 saturated heterocycles. The molecule has 0 amide bonds. The van der Waals surface area contributed by atoms with E-state index < -0.39 is 5.83 Å². The molecule has 1 aromatic carbocycles. The predicted molar refractivity (Wildman–Crippen MR) is 155 cm³/mol. The Morgan fingerprint density at radius 1 is 1.29 bits per heavy atom. The fourth-order valence-corrected chi connectivity index (χ4v) is 3.65. The molecule has 0 unspecified atom stereocenters. The van der Waals surface area contributed by atoms with E-state index in [1.807, 2.05) is 55.5 Å². The average Bonchev–Trinajstić information content (AvgIpc) is 3.33. The van der Waals surface area contributed by atoms with Gasteiger partial charge in [-0.15, -0.1) is 0 Å². The minimum Gasteiger partial charge on any atom is -0.492 e. The number of fused-ring (bicyclic) bond motifs is 1. The van der Waals surface area contributed by atoms with Gasteiger partial charge in [0, 0.05) is 23.7 Å². The summed E-state index contributed by atoms with van der Waals surface area (Å²) in [6.45, 7) is 10.0. The Labute approximate surface area is 223 Å². The highest BCUT2D eigenvalue weighted by Gasteiger charge is 2.16. The van der Waals surface area contributed by atoms with Gasteiger partial charge in [0.25, 0.3) is 0 Å². The van der Waals surface area contributed by atoms with E-state index in [-0.39, 0.29) is 12.2 Å². The molecule has 3 rings (SSSR count). The number of hydrogen-bond donors (Lipinski definition) is 2. The van der Waals surface area contributed by atoms with Gasteiger partial charge in [-0.3, -0.25) is 9.98 Å². The number of nitrogens with zero attached hydrogens (tertiary/aromatic N) is 4. The summed E-state index contributed by atoms with van der Waals surface area (Å²) in [4.78, 5) is 16.8. The van der Waals surface area contributed by atoms with Gasteiger partial charge in [0.05, 0.1) is 42.0 Å². The monoisotopic (exact) mass is 514 g/mol. The third kappa shape index (κ3) is 7.36. The molecule has 0 aliphatic carbocycles. The highest BCUT2D eigenvalue weighted by molar-refractivity contribution is 5.93. The number of benzene rings is 1. The maximum atomic E-state index is 14.4. The van der Waals surface area contributed by atoms with E-state index in [9.17, 15) is 4.39 Å². The van der Waals surface area contributed by atoms with Gasteiger partial charge >= 0.3 is 0 Å². The highest BCUT2D eigenvalue weighted by Crippen LogP contribution is 2.28. The normalized spacial score (nSPS) is 13.2. The first kappa shape index (κ1) is 28.3. The van der Waals surface area contributed by atoms with Crippen molar-refractivity contribution in [3.8, 4) is 17.0 Å². The van der Waals surface area contributed by atoms with E-state index in [2.05, 4.69) is 28.5 Å². The summed E-state index contributed by atoms with van der Waals surface area (Å²) < 4.78 is 20.2. The SMILES string of the molecule is C=C/C=C(\C(F)=C/C)N(N)Cc1nc(-c2ccc3ncc(OCCC)cc3c2)c(/C=C/C=C\C(C)=NC)[nH]1. The second-order valence-corrected chi connectivity index (χ2v) is 8.51. The number of aromatic nitrogens is 3. The van der Waals surface area contributed by atoms with E-state index in [0.717, 1.165) is 45.7 Å². The lowest BCUT2D eigenvalue weighted by atomic mass is 10.1. The van der Waals surface area contributed by atoms with E-state index in [4.69, 9.17) is 15.6 Å². The van der Waals surface area contributed by atoms with Gasteiger partial charge in [0.15, 0.2) is 0 Å². The van der Waals surface area contributed by atoms with Gasteiger partial charge in [-0.1, -0.05) is 37.8 Å². The van der Waals surface area contributed by atoms with Crippen molar-refractivity contribution in [1.29, 1.82) is 0 Å². The Morgan fingerprint density at radius 2 is 2.11 bits per heavy atom. The van der Waals surface area contributed by atoms with Crippen molar-refractivity contribution in [2.45, 2.75) is 33.7 Å². The van der Waals surface area contributed by atoms with Gasteiger partial charge in [-0.05, 0) is 62.8 Å². The first-order valence-corrected chi connectivity index (χ1v) is 12.5. The Bertz CT molecular complexity index is 1410. The zero-order valence-electron chi connectivity index (χ0n) is 22.4. The largest absolute Gasteiger partial charge is 0.492 e. The first-order chi connectivity index (χ1) is 18.4. The van der Waals surface area contributed by atoms with Crippen LogP contribution in [0.2, 0.25) is 0 Å². The first-order valence-electron chi connectivity index (χ1n) is 12.5. The molecule has 198 valence electrons. The number of aliphatic imine (C=N–C) groups is 1. The lowest BCUT2D eigenvalue weighted by Gasteiger charge is -2.19. The van der Waals surface area contributed by atoms with Crippen LogP contribution >= 0.6 is 0 Å². The number of rotatable bonds is 12. The molecule has 3 aromatic rings. The van der Waals surface area contributed by atoms with Crippen LogP contribution in [0.4, 0.5) is 4.39 Å². The second-order valence-electron chi connectivity index (χ2n) is 8.51. The van der Waals surface area contributed by atoms with Crippen LogP contribution in [-0.4, -0.2) is 39.3 Å². The molecule has 0 aliphatic heterocycles. The number of nitrogens with two attached hydrogens (primary N) is 1. The number of halogens is 1. The predicted octanol–water partition coefficient (Wildman–Crippen LogP) is 6.69. The molecule has 2 heterocycles. The van der Waals surface area contributed by atoms with E-state index in [0.29, 0.717) is 12.4 Å². The summed E-state index contributed by atoms with van der Waals surface area (Å²) >= 11 is 0. The Morgan fingerprint density at radius 3 is 2.82 bits per heavy atom. The van der Waals surface area contributed by atoms with Crippen LogP contribution in [0.5, 0.6) is 5.75 Å². The highest BCUT2D eigenvalue weighted by atomic mass is 19.1. The van der Waals surface area contributed by atoms with Gasteiger partial charge in [0.1, 0.15) is 17.4 Å². The molecule has 8 heteroatoms. The maximum absolute atomic E-state index is 14.4. The third-order valence-electron chi connectivity index (χ3n) is 5.65. The summed E-state index contributed by atoms with van der Waals surface area (Å²) in [6.07, 6.45) is 14.7. The molecule has 38 heavy (non-hydrogen) atoms. The van der Waals surface area contributed by atoms with Crippen LogP contribution in [0.15, 0.2) is 90.0 Å². The number of aromatic amines is 1. The summed E-state index contributed by atoms with van der Waals surface area (Å²) in [5.41, 5.74) is 4.41. The average molecular weight is 515 g/mol. The van der Waals surface area contributed by atoms with E-state index >= 15 is 0 Å². The topological polar surface area (TPSA) is 92.4 Å². The summed E-state index contributed by atoms with van der Waals surface area (Å²) in [7, 11) is 1.75. The number of H-pyrrole nitrogens is 1. The lowest BCUT2D eigenvalue weighted by molar-refractivity contribution is 0.317. The molecule has 0 bridgehead atoms. The van der Waals surface area contributed by atoms with Crippen molar-refractivity contribution in [3.63, 3.8) is 0 Å². The molecule has 0 spiro atoms. The van der Waals surface area contributed by atoms with Crippen LogP contribution in [0.3, 0.4) is 0 Å². The number of imidazole rings is 1. The number of ether oxygens (including phenoxy) is 1. The minimum atomic E-state index is -0.444. The molecule has 3 N–H and O–H groups in total. The van der Waals surface area contributed by atoms with Crippen LogP contribution in [0, 0.1) is 0 Å². The molecule has 0 radical (unpaired) electrons. The molecule has 0 fully saturated rings. The second kappa shape index (κ2) is 13.9. The Hall–Kier alpha value is -4.30. The van der Waals surface area contributed by atoms with Crippen molar-refractivity contribution >= 4 is 22.7 Å². The van der Waals surface area contributed by atoms with Crippen molar-refractivity contribution in [1.82, 2.24) is 20.0 Å². The standard InChI is InChI=1S/C30H35FN6O/c1-6-11-28(25(31)8-3)37(32)20-29-35-27(13-10-9-12-21(4)33-5)30(36-29)22-14-15-26-23(17-22)18-24(19-34-26)38-16-7-2/h6,8-15,17-19H,1,7,16,20,32H2,2-5H3,(H,35,36)/b12-9-,13-10+,25-8+,28-11+,33-21?. The number of hydrazine groups is 1. The van der Waals surface area contributed by atoms with Gasteiger partial charge < -0.3 is 14.7 Å². The number of hydrogen-bond acceptors (Lipinski definition) is 6. The van der Waals surface area contributed by atoms with E-state index in [1.165, 1.54) is 23.2 Å². The fourth-order valence-electron chi connectivity index (χ4n) is 3.65. The summed E-state index contributed by atoms with van der Waals surface area (Å²) in [6, 6.07) is 7.95. The Kier molecular flexibility index (Phi) is 10.3. The van der Waals surface area contributed by atoms with Crippen molar-refractivity contribution in [3.05, 3.63) is 96.5 Å². The molecule has 0 saturated carbocycles. The number of nitrogens with one attached hydrogen (secondary N) is 1. The number of allylic oxidation sites excluding steroid dienone is 7. The smallest absolute Gasteiger partial charge is 0.143 e. The van der Waals surface area contributed by atoms with Crippen LogP contribution in [0.1, 0.15) is 38.7 Å². The van der Waals surface area contributed by atoms with Crippen LogP contribution in [0.25, 0.3) is 28.2 Å². The molecule has 7 nitrogen and oxygen atoms in total. The molecule has 0 aliphatic rings. The number of pyridine rings is 1. The Balaban J connectivity index is 2.02. The van der Waals surface area contributed by atoms with Gasteiger partial charge in [-0.25, -0.2) is 15.2 Å². The van der Waals surface area contributed by atoms with Crippen molar-refractivity contribution in [2.75, 3.05) is 13.7 Å². The van der Waals surface area contributed by atoms with Crippen molar-refractivity contribution in [2.24, 2.45) is 10.8 Å². The molecular formula is C30H35FN6O. The lowest BCUT2D eigenvalue weighted by Crippen LogP contribution is -2.30. The summed E-state index contributed by atoms with van der Waals surface area (Å²) in [5.74, 6) is 7.08. The molecule has 2 aromatic heterocycles. The molecule has 0 atom stereocenters. The van der Waals surface area contributed by atoms with Crippen LogP contribution < -0.4 is 10.6 Å². The quantitative estimate of drug-likeness (QED) is 0.122. The zero-order chi connectivity index (χ0) is 27.5. The van der Waals surface area contributed by atoms with Crippen molar-refractivity contribution < 1.29 is 9.13 Å². The van der Waals surface area contributed by atoms with Crippen LogP contribution in [-0.2, 0) is 6.54 Å². The van der Waals surface area contributed by atoms with Gasteiger partial charge in [-0.2, -0.15) is 0 Å². The van der Waals surface area contributed by atoms with E-state index in [1.54, 1.807) is 20.2 Å². The third-order valence-corrected chi connectivity index (χ3v) is 5.65. The zero-order valence-corrected chi connectivity index (χ0v) is 22.4. The molecular weight excluding hydrogens is 479 g/mol. The minimum absolute atomic E-state index is 0.156. The maximum Gasteiger partial charge on any atom is 0.143 e. The van der Waals surface area contributed by atoms with Gasteiger partial charge in [0.2, 0.25) is 0 Å². The summed E-state index contributed by atoms with van der Waals surface area (Å²) in [5, 5.41) is 2.24.